The molecule has 4 atom stereocenters. The molecule has 4 heteroatoms. The summed E-state index contributed by atoms with van der Waals surface area (Å²) in [5.41, 5.74) is 0. The van der Waals surface area contributed by atoms with E-state index in [1.807, 2.05) is 0 Å². The summed E-state index contributed by atoms with van der Waals surface area (Å²) in [7, 11) is 3.86. The second-order valence-electron chi connectivity index (χ2n) is 13.2. The van der Waals surface area contributed by atoms with Crippen molar-refractivity contribution in [2.45, 2.75) is 90.1 Å². The third kappa shape index (κ3) is 8.96. The van der Waals surface area contributed by atoms with Crippen LogP contribution in [0.5, 0.6) is 0 Å². The molecule has 0 unspecified atom stereocenters. The summed E-state index contributed by atoms with van der Waals surface area (Å²) in [4.78, 5) is 0. The molecule has 2 fully saturated rings. The van der Waals surface area contributed by atoms with Crippen molar-refractivity contribution >= 4 is 37.4 Å². The normalized spacial score (nSPS) is 21.7. The fraction of sp³-hybridized carbons (Fsp3) is 0.429. The number of rotatable bonds is 10. The van der Waals surface area contributed by atoms with Gasteiger partial charge < -0.3 is 0 Å². The average molecular weight is 651 g/mol. The summed E-state index contributed by atoms with van der Waals surface area (Å²) < 4.78 is 5.43. The second-order valence-corrected chi connectivity index (χ2v) is 17.7. The largest absolute Gasteiger partial charge is 0.275 e. The molecule has 2 nitrogen and oxygen atoms in total. The molecule has 2 aliphatic carbocycles. The Morgan fingerprint density at radius 1 is 0.435 bits per heavy atom. The maximum absolute atomic E-state index is 2.72. The summed E-state index contributed by atoms with van der Waals surface area (Å²) in [6.07, 6.45) is 13.7. The van der Waals surface area contributed by atoms with Crippen molar-refractivity contribution < 1.29 is 0 Å². The monoisotopic (exact) mass is 650 g/mol. The van der Waals surface area contributed by atoms with Crippen molar-refractivity contribution in [1.82, 2.24) is 9.34 Å². The summed E-state index contributed by atoms with van der Waals surface area (Å²) in [6.45, 7) is 4.73. The van der Waals surface area contributed by atoms with Crippen molar-refractivity contribution in [3.05, 3.63) is 121 Å². The van der Waals surface area contributed by atoms with E-state index in [0.29, 0.717) is 0 Å². The first-order valence-electron chi connectivity index (χ1n) is 17.9. The predicted molar refractivity (Wildman–Crippen MR) is 206 cm³/mol. The molecule has 6 rings (SSSR count). The zero-order valence-corrected chi connectivity index (χ0v) is 30.5. The van der Waals surface area contributed by atoms with Gasteiger partial charge in [0.15, 0.2) is 0 Å². The molecule has 0 radical (unpaired) electrons. The van der Waals surface area contributed by atoms with Crippen LogP contribution in [-0.4, -0.2) is 35.5 Å². The third-order valence-electron chi connectivity index (χ3n) is 10.4. The molecular formula is C42H56N2P2. The molecule has 4 aromatic carbocycles. The molecule has 0 heterocycles. The molecule has 4 aromatic rings. The van der Waals surface area contributed by atoms with Gasteiger partial charge in [-0.05, 0) is 72.8 Å². The summed E-state index contributed by atoms with van der Waals surface area (Å²) in [5, 5.41) is 5.88. The minimum Gasteiger partial charge on any atom is -0.275 e. The van der Waals surface area contributed by atoms with Gasteiger partial charge in [-0.2, -0.15) is 0 Å². The van der Waals surface area contributed by atoms with Crippen LogP contribution in [-0.2, 0) is 0 Å². The summed E-state index contributed by atoms with van der Waals surface area (Å²) in [5.74, 6) is 1.71. The van der Waals surface area contributed by atoms with Crippen molar-refractivity contribution in [3.8, 4) is 0 Å². The molecule has 0 spiro atoms. The topological polar surface area (TPSA) is 6.48 Å². The van der Waals surface area contributed by atoms with Crippen molar-refractivity contribution in [3.63, 3.8) is 0 Å². The number of benzene rings is 4. The molecule has 0 bridgehead atoms. The van der Waals surface area contributed by atoms with Crippen LogP contribution in [0.3, 0.4) is 0 Å². The van der Waals surface area contributed by atoms with Gasteiger partial charge in [0, 0.05) is 28.2 Å². The third-order valence-corrected chi connectivity index (χ3v) is 15.4. The first-order chi connectivity index (χ1) is 22.6. The molecule has 0 N–H and O–H groups in total. The van der Waals surface area contributed by atoms with Gasteiger partial charge in [-0.1, -0.05) is 174 Å². The highest BCUT2D eigenvalue weighted by atomic mass is 31.1. The van der Waals surface area contributed by atoms with Crippen LogP contribution in [0.25, 0.3) is 0 Å². The highest BCUT2D eigenvalue weighted by molar-refractivity contribution is 7.71. The van der Waals surface area contributed by atoms with Crippen molar-refractivity contribution in [2.24, 2.45) is 11.8 Å². The highest BCUT2D eigenvalue weighted by Crippen LogP contribution is 2.45. The molecule has 2 aliphatic rings. The molecule has 2 saturated carbocycles. The van der Waals surface area contributed by atoms with E-state index in [0.717, 1.165) is 23.9 Å². The molecule has 0 aliphatic heterocycles. The summed E-state index contributed by atoms with van der Waals surface area (Å²) >= 11 is 0. The van der Waals surface area contributed by atoms with Gasteiger partial charge in [-0.15, -0.1) is 0 Å². The van der Waals surface area contributed by atoms with Crippen LogP contribution in [0.2, 0.25) is 0 Å². The Bertz CT molecular complexity index is 1200. The Balaban J connectivity index is 0.000000181. The van der Waals surface area contributed by atoms with Crippen LogP contribution in [0.1, 0.15) is 78.1 Å². The van der Waals surface area contributed by atoms with Gasteiger partial charge in [-0.25, -0.2) is 0 Å². The standard InChI is InChI=1S/2C21H28NP/c2*1-3-18-12-10-11-17-21(18)22(2)23(19-13-6-4-7-14-19)20-15-8-5-9-16-20/h2*4-9,13-16,18,21H,3,10-12,17H2,1-2H3/t2*18-,21-/m10/s1. The lowest BCUT2D eigenvalue weighted by molar-refractivity contribution is 0.202. The molecule has 46 heavy (non-hydrogen) atoms. The molecular weight excluding hydrogens is 594 g/mol. The summed E-state index contributed by atoms with van der Waals surface area (Å²) in [6, 6.07) is 45.8. The SMILES string of the molecule is CC[C@@H]1CCCC[C@H]1N(C)P(c1ccccc1)c1ccccc1.CC[C@H]1CCCC[C@@H]1N(C)P(c1ccccc1)c1ccccc1. The quantitative estimate of drug-likeness (QED) is 0.158. The fourth-order valence-electron chi connectivity index (χ4n) is 7.91. The van der Waals surface area contributed by atoms with E-state index < -0.39 is 16.1 Å². The Kier molecular flexibility index (Phi) is 13.9. The van der Waals surface area contributed by atoms with Crippen LogP contribution >= 0.6 is 16.1 Å². The Hall–Kier alpha value is -2.34. The zero-order valence-electron chi connectivity index (χ0n) is 28.7. The van der Waals surface area contributed by atoms with Crippen LogP contribution in [0.4, 0.5) is 0 Å². The predicted octanol–water partition coefficient (Wildman–Crippen LogP) is 9.87. The first kappa shape index (κ1) is 35.0. The van der Waals surface area contributed by atoms with Gasteiger partial charge in [0.1, 0.15) is 0 Å². The fourth-order valence-corrected chi connectivity index (χ4v) is 13.0. The Morgan fingerprint density at radius 2 is 0.696 bits per heavy atom. The van der Waals surface area contributed by atoms with E-state index in [4.69, 9.17) is 0 Å². The van der Waals surface area contributed by atoms with Gasteiger partial charge >= 0.3 is 0 Å². The van der Waals surface area contributed by atoms with Gasteiger partial charge in [0.25, 0.3) is 0 Å². The van der Waals surface area contributed by atoms with Crippen LogP contribution < -0.4 is 21.2 Å². The van der Waals surface area contributed by atoms with E-state index in [9.17, 15) is 0 Å². The maximum Gasteiger partial charge on any atom is 0.0281 e. The lowest BCUT2D eigenvalue weighted by atomic mass is 9.83. The van der Waals surface area contributed by atoms with E-state index in [-0.39, 0.29) is 0 Å². The lowest BCUT2D eigenvalue weighted by Crippen LogP contribution is -2.40. The smallest absolute Gasteiger partial charge is 0.0281 e. The molecule has 0 saturated heterocycles. The zero-order chi connectivity index (χ0) is 32.1. The number of hydrogen-bond acceptors (Lipinski definition) is 2. The van der Waals surface area contributed by atoms with Gasteiger partial charge in [-0.3, -0.25) is 9.34 Å². The van der Waals surface area contributed by atoms with E-state index in [1.54, 1.807) is 0 Å². The van der Waals surface area contributed by atoms with E-state index in [2.05, 4.69) is 159 Å². The maximum atomic E-state index is 2.72. The molecule has 0 aromatic heterocycles. The minimum absolute atomic E-state index is 0.434. The highest BCUT2D eigenvalue weighted by Gasteiger charge is 2.33. The second kappa shape index (κ2) is 18.3. The van der Waals surface area contributed by atoms with E-state index in [1.165, 1.54) is 85.4 Å². The first-order valence-corrected chi connectivity index (χ1v) is 20.5. The van der Waals surface area contributed by atoms with Gasteiger partial charge in [0.2, 0.25) is 0 Å². The Labute approximate surface area is 283 Å². The van der Waals surface area contributed by atoms with Crippen LogP contribution in [0, 0.1) is 11.8 Å². The average Bonchev–Trinajstić information content (AvgIpc) is 3.14. The Morgan fingerprint density at radius 3 is 0.957 bits per heavy atom. The van der Waals surface area contributed by atoms with Crippen molar-refractivity contribution in [1.29, 1.82) is 0 Å². The number of nitrogens with zero attached hydrogens (tertiary/aromatic N) is 2. The van der Waals surface area contributed by atoms with Crippen molar-refractivity contribution in [2.75, 3.05) is 14.1 Å². The van der Waals surface area contributed by atoms with E-state index >= 15 is 0 Å². The minimum atomic E-state index is -0.434. The molecule has 0 amide bonds. The number of hydrogen-bond donors (Lipinski definition) is 0. The lowest BCUT2D eigenvalue weighted by Gasteiger charge is -2.42. The molecule has 244 valence electrons. The van der Waals surface area contributed by atoms with Crippen LogP contribution in [0.15, 0.2) is 121 Å². The van der Waals surface area contributed by atoms with Gasteiger partial charge in [0.05, 0.1) is 0 Å².